The van der Waals surface area contributed by atoms with Crippen LogP contribution in [0.2, 0.25) is 0 Å². The fourth-order valence-electron chi connectivity index (χ4n) is 4.43. The Hall–Kier alpha value is -2.28. The molecule has 6 heteroatoms. The Balaban J connectivity index is 1.60. The van der Waals surface area contributed by atoms with Crippen molar-refractivity contribution in [1.29, 1.82) is 0 Å². The third-order valence-electron chi connectivity index (χ3n) is 5.94. The lowest BCUT2D eigenvalue weighted by atomic mass is 9.86. The predicted molar refractivity (Wildman–Crippen MR) is 108 cm³/mol. The number of rotatable bonds is 4. The van der Waals surface area contributed by atoms with Gasteiger partial charge in [-0.25, -0.2) is 4.39 Å². The third kappa shape index (κ3) is 4.06. The second-order valence-corrected chi connectivity index (χ2v) is 8.07. The summed E-state index contributed by atoms with van der Waals surface area (Å²) in [5.41, 5.74) is 8.95. The van der Waals surface area contributed by atoms with E-state index in [1.165, 1.54) is 17.7 Å². The maximum Gasteiger partial charge on any atom is 0.252 e. The van der Waals surface area contributed by atoms with Gasteiger partial charge in [-0.1, -0.05) is 36.4 Å². The Bertz CT molecular complexity index is 863. The number of amides is 1. The molecule has 1 fully saturated rings. The number of nitrogens with zero attached hydrogens (tertiary/aromatic N) is 1. The molecule has 5 nitrogen and oxygen atoms in total. The molecule has 0 unspecified atom stereocenters. The highest BCUT2D eigenvalue weighted by atomic mass is 19.1. The van der Waals surface area contributed by atoms with E-state index in [2.05, 4.69) is 6.07 Å². The van der Waals surface area contributed by atoms with Crippen molar-refractivity contribution in [3.05, 3.63) is 71.0 Å². The average Bonchev–Trinajstić information content (AvgIpc) is 2.74. The molecular formula is C23H27FN2O3. The maximum atomic E-state index is 13.5. The van der Waals surface area contributed by atoms with Crippen LogP contribution >= 0.6 is 0 Å². The Labute approximate surface area is 170 Å². The van der Waals surface area contributed by atoms with Crippen LogP contribution in [0, 0.1) is 5.82 Å². The van der Waals surface area contributed by atoms with Crippen LogP contribution in [0.25, 0.3) is 0 Å². The van der Waals surface area contributed by atoms with E-state index in [4.69, 9.17) is 15.2 Å². The van der Waals surface area contributed by atoms with Gasteiger partial charge >= 0.3 is 0 Å². The molecule has 29 heavy (non-hydrogen) atoms. The number of carbonyl (C=O) groups is 1. The summed E-state index contributed by atoms with van der Waals surface area (Å²) in [6, 6.07) is 14.3. The molecule has 1 amide bonds. The van der Waals surface area contributed by atoms with Gasteiger partial charge in [0.05, 0.1) is 24.8 Å². The molecule has 2 aromatic carbocycles. The number of halogens is 1. The average molecular weight is 398 g/mol. The van der Waals surface area contributed by atoms with E-state index in [-0.39, 0.29) is 17.8 Å². The Morgan fingerprint density at radius 3 is 2.72 bits per heavy atom. The largest absolute Gasteiger partial charge is 0.383 e. The van der Waals surface area contributed by atoms with Crippen molar-refractivity contribution < 1.29 is 18.7 Å². The molecule has 0 bridgehead atoms. The molecule has 154 valence electrons. The van der Waals surface area contributed by atoms with Crippen LogP contribution in [-0.2, 0) is 20.7 Å². The van der Waals surface area contributed by atoms with E-state index < -0.39 is 11.6 Å². The number of carbonyl (C=O) groups excluding carboxylic acids is 1. The van der Waals surface area contributed by atoms with E-state index in [0.29, 0.717) is 32.6 Å². The molecule has 2 aliphatic heterocycles. The highest BCUT2D eigenvalue weighted by Crippen LogP contribution is 2.36. The van der Waals surface area contributed by atoms with E-state index >= 15 is 0 Å². The first kappa shape index (κ1) is 20.0. The Morgan fingerprint density at radius 2 is 2.03 bits per heavy atom. The molecule has 0 radical (unpaired) electrons. The highest BCUT2D eigenvalue weighted by Gasteiger charge is 2.40. The van der Waals surface area contributed by atoms with Gasteiger partial charge in [0.2, 0.25) is 0 Å². The van der Waals surface area contributed by atoms with Gasteiger partial charge in [0, 0.05) is 13.7 Å². The van der Waals surface area contributed by atoms with Crippen LogP contribution in [0.1, 0.15) is 35.6 Å². The molecule has 0 saturated carbocycles. The monoisotopic (exact) mass is 398 g/mol. The van der Waals surface area contributed by atoms with Crippen LogP contribution in [-0.4, -0.2) is 49.3 Å². The van der Waals surface area contributed by atoms with Crippen LogP contribution in [0.3, 0.4) is 0 Å². The van der Waals surface area contributed by atoms with Crippen LogP contribution in [0.5, 0.6) is 0 Å². The topological polar surface area (TPSA) is 64.8 Å². The lowest BCUT2D eigenvalue weighted by Crippen LogP contribution is -2.56. The van der Waals surface area contributed by atoms with Crippen LogP contribution in [0.15, 0.2) is 48.5 Å². The lowest BCUT2D eigenvalue weighted by Gasteiger charge is -2.42. The minimum absolute atomic E-state index is 0.0340. The highest BCUT2D eigenvalue weighted by molar-refractivity contribution is 5.82. The van der Waals surface area contributed by atoms with Gasteiger partial charge in [-0.15, -0.1) is 0 Å². The summed E-state index contributed by atoms with van der Waals surface area (Å²) in [4.78, 5) is 15.3. The van der Waals surface area contributed by atoms with Crippen LogP contribution in [0.4, 0.5) is 4.39 Å². The van der Waals surface area contributed by atoms with E-state index in [9.17, 15) is 9.18 Å². The Kier molecular flexibility index (Phi) is 5.67. The number of benzene rings is 2. The molecule has 2 heterocycles. The first-order valence-corrected chi connectivity index (χ1v) is 10.0. The molecule has 0 aliphatic carbocycles. The number of hydrogen-bond acceptors (Lipinski definition) is 4. The quantitative estimate of drug-likeness (QED) is 0.860. The first-order valence-electron chi connectivity index (χ1n) is 10.0. The van der Waals surface area contributed by atoms with Crippen molar-refractivity contribution in [2.45, 2.75) is 36.9 Å². The second kappa shape index (κ2) is 8.22. The molecule has 2 aromatic rings. The van der Waals surface area contributed by atoms with Crippen molar-refractivity contribution in [3.8, 4) is 0 Å². The van der Waals surface area contributed by atoms with Crippen molar-refractivity contribution in [3.63, 3.8) is 0 Å². The standard InChI is InChI=1S/C23H27FN2O3/c1-28-14-23(25)12-10-20(29-15-23)22(27)26-13-11-16-4-2-3-5-19(16)21(26)17-6-8-18(24)9-7-17/h2-9,20-21H,10-15,25H2,1H3/t20-,21+,23+/m1/s1. The predicted octanol–water partition coefficient (Wildman–Crippen LogP) is 2.82. The van der Waals surface area contributed by atoms with Crippen molar-refractivity contribution in [2.24, 2.45) is 5.73 Å². The molecular weight excluding hydrogens is 371 g/mol. The number of ether oxygens (including phenoxy) is 2. The molecule has 4 rings (SSSR count). The maximum absolute atomic E-state index is 13.5. The van der Waals surface area contributed by atoms with E-state index in [0.717, 1.165) is 17.5 Å². The molecule has 0 spiro atoms. The van der Waals surface area contributed by atoms with Gasteiger partial charge in [0.15, 0.2) is 0 Å². The fourth-order valence-corrected chi connectivity index (χ4v) is 4.43. The van der Waals surface area contributed by atoms with Gasteiger partial charge in [-0.05, 0) is 48.1 Å². The molecule has 2 aliphatic rings. The second-order valence-electron chi connectivity index (χ2n) is 8.07. The SMILES string of the molecule is COC[C@@]1(N)CC[C@H](C(=O)N2CCc3ccccc3[C@@H]2c2ccc(F)cc2)OC1. The number of hydrogen-bond donors (Lipinski definition) is 1. The smallest absolute Gasteiger partial charge is 0.252 e. The van der Waals surface area contributed by atoms with Crippen molar-refractivity contribution >= 4 is 5.91 Å². The van der Waals surface area contributed by atoms with E-state index in [1.807, 2.05) is 23.1 Å². The van der Waals surface area contributed by atoms with Gasteiger partial charge < -0.3 is 20.1 Å². The van der Waals surface area contributed by atoms with Crippen molar-refractivity contribution in [2.75, 3.05) is 26.9 Å². The van der Waals surface area contributed by atoms with Gasteiger partial charge in [-0.2, -0.15) is 0 Å². The summed E-state index contributed by atoms with van der Waals surface area (Å²) in [6.07, 6.45) is 1.50. The number of methoxy groups -OCH3 is 1. The zero-order chi connectivity index (χ0) is 20.4. The zero-order valence-corrected chi connectivity index (χ0v) is 16.6. The van der Waals surface area contributed by atoms with Gasteiger partial charge in [0.25, 0.3) is 5.91 Å². The summed E-state index contributed by atoms with van der Waals surface area (Å²) < 4.78 is 24.6. The summed E-state index contributed by atoms with van der Waals surface area (Å²) >= 11 is 0. The number of fused-ring (bicyclic) bond motifs is 1. The first-order chi connectivity index (χ1) is 14.0. The summed E-state index contributed by atoms with van der Waals surface area (Å²) in [7, 11) is 1.62. The van der Waals surface area contributed by atoms with Crippen molar-refractivity contribution in [1.82, 2.24) is 4.90 Å². The minimum atomic E-state index is -0.545. The molecule has 0 aromatic heterocycles. The molecule has 3 atom stereocenters. The third-order valence-corrected chi connectivity index (χ3v) is 5.94. The zero-order valence-electron chi connectivity index (χ0n) is 16.6. The van der Waals surface area contributed by atoms with E-state index in [1.54, 1.807) is 19.2 Å². The Morgan fingerprint density at radius 1 is 1.28 bits per heavy atom. The van der Waals surface area contributed by atoms with Gasteiger partial charge in [-0.3, -0.25) is 4.79 Å². The molecule has 1 saturated heterocycles. The normalized spacial score (nSPS) is 26.8. The number of nitrogens with two attached hydrogens (primary N) is 1. The summed E-state index contributed by atoms with van der Waals surface area (Å²) in [6.45, 7) is 1.30. The summed E-state index contributed by atoms with van der Waals surface area (Å²) in [5, 5.41) is 0. The molecule has 2 N–H and O–H groups in total. The minimum Gasteiger partial charge on any atom is -0.383 e. The summed E-state index contributed by atoms with van der Waals surface area (Å²) in [5.74, 6) is -0.322. The fraction of sp³-hybridized carbons (Fsp3) is 0.435. The lowest BCUT2D eigenvalue weighted by molar-refractivity contribution is -0.152. The van der Waals surface area contributed by atoms with Crippen LogP contribution < -0.4 is 5.73 Å². The van der Waals surface area contributed by atoms with Gasteiger partial charge in [0.1, 0.15) is 11.9 Å².